The van der Waals surface area contributed by atoms with Crippen molar-refractivity contribution in [2.24, 2.45) is 5.92 Å². The maximum absolute atomic E-state index is 12.6. The molecule has 0 N–H and O–H groups in total. The number of rotatable bonds is 5. The number of hydrogen-bond acceptors (Lipinski definition) is 6. The van der Waals surface area contributed by atoms with E-state index >= 15 is 0 Å². The first-order valence-electron chi connectivity index (χ1n) is 10.1. The van der Waals surface area contributed by atoms with Crippen LogP contribution in [0.4, 0.5) is 0 Å². The highest BCUT2D eigenvalue weighted by atomic mass is 16.7. The summed E-state index contributed by atoms with van der Waals surface area (Å²) in [5.41, 5.74) is 0.706. The molecule has 2 fully saturated rings. The minimum atomic E-state index is -0.408. The molecule has 0 bridgehead atoms. The van der Waals surface area contributed by atoms with Crippen LogP contribution in [0.3, 0.4) is 0 Å². The van der Waals surface area contributed by atoms with Gasteiger partial charge in [0.05, 0.1) is 18.6 Å². The van der Waals surface area contributed by atoms with Crippen LogP contribution in [0.1, 0.15) is 38.2 Å². The Hall–Kier alpha value is -2.28. The summed E-state index contributed by atoms with van der Waals surface area (Å²) in [5.74, 6) is 1.09. The zero-order valence-corrected chi connectivity index (χ0v) is 16.6. The monoisotopic (exact) mass is 388 g/mol. The van der Waals surface area contributed by atoms with Gasteiger partial charge in [-0.3, -0.25) is 14.5 Å². The van der Waals surface area contributed by atoms with Gasteiger partial charge in [0.2, 0.25) is 12.7 Å². The molecule has 152 valence electrons. The van der Waals surface area contributed by atoms with Crippen LogP contribution >= 0.6 is 0 Å². The van der Waals surface area contributed by atoms with E-state index in [1.54, 1.807) is 0 Å². The molecular weight excluding hydrogens is 360 g/mol. The van der Waals surface area contributed by atoms with Crippen molar-refractivity contribution in [3.63, 3.8) is 0 Å². The number of amides is 1. The number of carbonyl (C=O) groups is 2. The Kier molecular flexibility index (Phi) is 5.19. The van der Waals surface area contributed by atoms with Crippen molar-refractivity contribution < 1.29 is 23.8 Å². The van der Waals surface area contributed by atoms with Crippen LogP contribution in [-0.4, -0.2) is 60.8 Å². The minimum Gasteiger partial charge on any atom is -0.469 e. The third-order valence-corrected chi connectivity index (χ3v) is 6.39. The fourth-order valence-corrected chi connectivity index (χ4v) is 5.00. The molecule has 1 amide bonds. The summed E-state index contributed by atoms with van der Waals surface area (Å²) >= 11 is 0. The van der Waals surface area contributed by atoms with Gasteiger partial charge < -0.3 is 19.1 Å². The van der Waals surface area contributed by atoms with E-state index in [1.807, 2.05) is 17.0 Å². The lowest BCUT2D eigenvalue weighted by Gasteiger charge is -2.47. The topological polar surface area (TPSA) is 68.3 Å². The lowest BCUT2D eigenvalue weighted by Crippen LogP contribution is -2.57. The Morgan fingerprint density at radius 3 is 2.79 bits per heavy atom. The third kappa shape index (κ3) is 3.11. The largest absolute Gasteiger partial charge is 0.469 e. The molecule has 1 atom stereocenters. The summed E-state index contributed by atoms with van der Waals surface area (Å²) in [7, 11) is 1.41. The standard InChI is InChI=1S/C21H28N2O5/c1-3-9-23-18(24)12-16(20(25)26-2)21(23)7-10-22(11-8-21)13-15-5-4-6-17-19(15)28-14-27-17/h4-6,16H,3,7-14H2,1-2H3. The Labute approximate surface area is 165 Å². The predicted molar refractivity (Wildman–Crippen MR) is 102 cm³/mol. The first-order chi connectivity index (χ1) is 13.6. The Morgan fingerprint density at radius 1 is 1.29 bits per heavy atom. The van der Waals surface area contributed by atoms with Gasteiger partial charge in [0, 0.05) is 38.2 Å². The quantitative estimate of drug-likeness (QED) is 0.721. The summed E-state index contributed by atoms with van der Waals surface area (Å²) in [4.78, 5) is 29.4. The van der Waals surface area contributed by atoms with Gasteiger partial charge in [0.25, 0.3) is 0 Å². The number of piperidine rings is 1. The summed E-state index contributed by atoms with van der Waals surface area (Å²) < 4.78 is 16.1. The smallest absolute Gasteiger partial charge is 0.311 e. The van der Waals surface area contributed by atoms with Crippen LogP contribution in [0.25, 0.3) is 0 Å². The normalized spacial score (nSPS) is 23.4. The molecule has 0 aliphatic carbocycles. The van der Waals surface area contributed by atoms with E-state index in [2.05, 4.69) is 17.9 Å². The van der Waals surface area contributed by atoms with Gasteiger partial charge in [0.1, 0.15) is 0 Å². The molecule has 1 spiro atoms. The minimum absolute atomic E-state index is 0.0807. The molecule has 4 rings (SSSR count). The molecule has 7 nitrogen and oxygen atoms in total. The molecule has 0 aromatic heterocycles. The second kappa shape index (κ2) is 7.62. The molecule has 3 aliphatic heterocycles. The number of esters is 1. The average molecular weight is 388 g/mol. The molecule has 1 unspecified atom stereocenters. The summed E-state index contributed by atoms with van der Waals surface area (Å²) in [6.45, 7) is 5.46. The fraction of sp³-hybridized carbons (Fsp3) is 0.619. The predicted octanol–water partition coefficient (Wildman–Crippen LogP) is 2.18. The van der Waals surface area contributed by atoms with Gasteiger partial charge in [-0.15, -0.1) is 0 Å². The number of nitrogens with zero attached hydrogens (tertiary/aromatic N) is 2. The maximum Gasteiger partial charge on any atom is 0.311 e. The SMILES string of the molecule is CCCN1C(=O)CC(C(=O)OC)C12CCN(Cc1cccc3c1OCO3)CC2. The van der Waals surface area contributed by atoms with E-state index in [9.17, 15) is 9.59 Å². The molecule has 2 saturated heterocycles. The van der Waals surface area contributed by atoms with Crippen molar-refractivity contribution in [1.82, 2.24) is 9.80 Å². The van der Waals surface area contributed by atoms with Crippen molar-refractivity contribution in [2.75, 3.05) is 33.5 Å². The molecule has 0 radical (unpaired) electrons. The van der Waals surface area contributed by atoms with Crippen LogP contribution in [0.15, 0.2) is 18.2 Å². The number of likely N-dealkylation sites (tertiary alicyclic amines) is 2. The van der Waals surface area contributed by atoms with Crippen molar-refractivity contribution in [1.29, 1.82) is 0 Å². The van der Waals surface area contributed by atoms with Crippen molar-refractivity contribution >= 4 is 11.9 Å². The molecule has 3 aliphatic rings. The van der Waals surface area contributed by atoms with Gasteiger partial charge in [-0.2, -0.15) is 0 Å². The van der Waals surface area contributed by atoms with Crippen molar-refractivity contribution in [3.05, 3.63) is 23.8 Å². The van der Waals surface area contributed by atoms with E-state index in [0.29, 0.717) is 6.54 Å². The number of methoxy groups -OCH3 is 1. The van der Waals surface area contributed by atoms with E-state index in [0.717, 1.165) is 56.0 Å². The second-order valence-electron chi connectivity index (χ2n) is 7.86. The van der Waals surface area contributed by atoms with Gasteiger partial charge >= 0.3 is 5.97 Å². The van der Waals surface area contributed by atoms with Crippen LogP contribution < -0.4 is 9.47 Å². The Morgan fingerprint density at radius 2 is 2.07 bits per heavy atom. The fourth-order valence-electron chi connectivity index (χ4n) is 5.00. The summed E-state index contributed by atoms with van der Waals surface area (Å²) in [6.07, 6.45) is 2.72. The highest BCUT2D eigenvalue weighted by molar-refractivity contribution is 5.89. The lowest BCUT2D eigenvalue weighted by molar-refractivity contribution is -0.150. The number of fused-ring (bicyclic) bond motifs is 1. The van der Waals surface area contributed by atoms with Crippen LogP contribution in [-0.2, 0) is 20.9 Å². The van der Waals surface area contributed by atoms with Crippen LogP contribution in [0.2, 0.25) is 0 Å². The molecule has 1 aromatic rings. The number of para-hydroxylation sites is 1. The molecular formula is C21H28N2O5. The second-order valence-corrected chi connectivity index (χ2v) is 7.86. The van der Waals surface area contributed by atoms with E-state index in [1.165, 1.54) is 7.11 Å². The number of carbonyl (C=O) groups excluding carboxylic acids is 2. The third-order valence-electron chi connectivity index (χ3n) is 6.39. The Balaban J connectivity index is 1.50. The van der Waals surface area contributed by atoms with Gasteiger partial charge in [-0.05, 0) is 25.3 Å². The highest BCUT2D eigenvalue weighted by Gasteiger charge is 2.56. The number of benzene rings is 1. The van der Waals surface area contributed by atoms with E-state index in [4.69, 9.17) is 14.2 Å². The number of ether oxygens (including phenoxy) is 3. The molecule has 3 heterocycles. The Bertz CT molecular complexity index is 757. The van der Waals surface area contributed by atoms with Gasteiger partial charge in [-0.25, -0.2) is 0 Å². The molecule has 28 heavy (non-hydrogen) atoms. The van der Waals surface area contributed by atoms with Gasteiger partial charge in [0.15, 0.2) is 11.5 Å². The molecule has 0 saturated carbocycles. The van der Waals surface area contributed by atoms with Crippen molar-refractivity contribution in [2.45, 2.75) is 44.7 Å². The van der Waals surface area contributed by atoms with E-state index in [-0.39, 0.29) is 31.0 Å². The van der Waals surface area contributed by atoms with Gasteiger partial charge in [-0.1, -0.05) is 19.1 Å². The lowest BCUT2D eigenvalue weighted by atomic mass is 9.76. The summed E-state index contributed by atoms with van der Waals surface area (Å²) in [6, 6.07) is 5.97. The average Bonchev–Trinajstić information content (AvgIpc) is 3.29. The van der Waals surface area contributed by atoms with E-state index < -0.39 is 5.54 Å². The van der Waals surface area contributed by atoms with Crippen molar-refractivity contribution in [3.8, 4) is 11.5 Å². The number of hydrogen-bond donors (Lipinski definition) is 0. The van der Waals surface area contributed by atoms with Crippen LogP contribution in [0, 0.1) is 5.92 Å². The molecule has 7 heteroatoms. The molecule has 1 aromatic carbocycles. The first kappa shape index (κ1) is 19.1. The van der Waals surface area contributed by atoms with Crippen LogP contribution in [0.5, 0.6) is 11.5 Å². The zero-order valence-electron chi connectivity index (χ0n) is 16.6. The zero-order chi connectivity index (χ0) is 19.7. The summed E-state index contributed by atoms with van der Waals surface area (Å²) in [5, 5.41) is 0. The first-order valence-corrected chi connectivity index (χ1v) is 10.1. The maximum atomic E-state index is 12.6. The highest BCUT2D eigenvalue weighted by Crippen LogP contribution is 2.45.